The predicted molar refractivity (Wildman–Crippen MR) is 70.5 cm³/mol. The third kappa shape index (κ3) is 2.41. The zero-order valence-electron chi connectivity index (χ0n) is 11.3. The van der Waals surface area contributed by atoms with Crippen molar-refractivity contribution < 1.29 is 0 Å². The minimum atomic E-state index is -0.192. The van der Waals surface area contributed by atoms with Crippen molar-refractivity contribution in [2.24, 2.45) is 5.73 Å². The Balaban J connectivity index is 2.38. The molecule has 1 unspecified atom stereocenters. The van der Waals surface area contributed by atoms with Crippen LogP contribution in [-0.4, -0.2) is 20.2 Å². The van der Waals surface area contributed by atoms with Crippen molar-refractivity contribution >= 4 is 0 Å². The summed E-state index contributed by atoms with van der Waals surface area (Å²) in [5.74, 6) is 0.665. The fraction of sp³-hybridized carbons (Fsp3) is 0.462. The van der Waals surface area contributed by atoms with Gasteiger partial charge in [0.05, 0.1) is 11.7 Å². The van der Waals surface area contributed by atoms with Gasteiger partial charge in [-0.3, -0.25) is 0 Å². The Hall–Kier alpha value is -1.75. The van der Waals surface area contributed by atoms with Crippen LogP contribution in [0.5, 0.6) is 0 Å². The van der Waals surface area contributed by atoms with Gasteiger partial charge >= 0.3 is 0 Å². The van der Waals surface area contributed by atoms with E-state index in [-0.39, 0.29) is 11.5 Å². The van der Waals surface area contributed by atoms with E-state index < -0.39 is 0 Å². The number of nitrogens with zero attached hydrogens (tertiary/aromatic N) is 4. The van der Waals surface area contributed by atoms with Crippen LogP contribution in [0.2, 0.25) is 0 Å². The molecule has 0 radical (unpaired) electrons. The number of benzene rings is 1. The van der Waals surface area contributed by atoms with Crippen molar-refractivity contribution in [2.45, 2.75) is 39.2 Å². The molecule has 0 aliphatic carbocycles. The Morgan fingerprint density at radius 3 is 2.28 bits per heavy atom. The summed E-state index contributed by atoms with van der Waals surface area (Å²) in [6.07, 6.45) is 0. The minimum Gasteiger partial charge on any atom is -0.321 e. The summed E-state index contributed by atoms with van der Waals surface area (Å²) in [6, 6.07) is 8.04. The standard InChI is InChI=1S/C13H19N5/c1-9(14)12-15-16-17-18(12)11-7-5-10(6-8-11)13(2,3)4/h5-9H,14H2,1-4H3. The second-order valence-corrected chi connectivity index (χ2v) is 5.53. The monoisotopic (exact) mass is 245 g/mol. The highest BCUT2D eigenvalue weighted by atomic mass is 15.5. The number of rotatable bonds is 2. The topological polar surface area (TPSA) is 69.6 Å². The number of hydrogen-bond acceptors (Lipinski definition) is 4. The smallest absolute Gasteiger partial charge is 0.173 e. The van der Waals surface area contributed by atoms with E-state index in [1.165, 1.54) is 5.56 Å². The highest BCUT2D eigenvalue weighted by Crippen LogP contribution is 2.23. The highest BCUT2D eigenvalue weighted by Gasteiger charge is 2.15. The molecule has 5 heteroatoms. The molecule has 1 atom stereocenters. The van der Waals surface area contributed by atoms with Gasteiger partial charge in [-0.25, -0.2) is 0 Å². The zero-order chi connectivity index (χ0) is 13.3. The Kier molecular flexibility index (Phi) is 3.17. The molecule has 0 bridgehead atoms. The molecular weight excluding hydrogens is 226 g/mol. The van der Waals surface area contributed by atoms with E-state index in [2.05, 4.69) is 48.4 Å². The van der Waals surface area contributed by atoms with Crippen LogP contribution in [0.15, 0.2) is 24.3 Å². The number of tetrazole rings is 1. The molecule has 18 heavy (non-hydrogen) atoms. The first kappa shape index (κ1) is 12.7. The van der Waals surface area contributed by atoms with Gasteiger partial charge in [0.25, 0.3) is 0 Å². The van der Waals surface area contributed by atoms with E-state index in [1.54, 1.807) is 4.68 Å². The fourth-order valence-corrected chi connectivity index (χ4v) is 1.76. The summed E-state index contributed by atoms with van der Waals surface area (Å²) >= 11 is 0. The summed E-state index contributed by atoms with van der Waals surface area (Å²) in [7, 11) is 0. The van der Waals surface area contributed by atoms with E-state index in [0.717, 1.165) is 5.69 Å². The number of aromatic nitrogens is 4. The van der Waals surface area contributed by atoms with E-state index in [9.17, 15) is 0 Å². The summed E-state index contributed by atoms with van der Waals surface area (Å²) in [6.45, 7) is 8.43. The normalized spacial score (nSPS) is 13.6. The van der Waals surface area contributed by atoms with E-state index >= 15 is 0 Å². The summed E-state index contributed by atoms with van der Waals surface area (Å²) in [5.41, 5.74) is 8.18. The van der Waals surface area contributed by atoms with Gasteiger partial charge in [-0.1, -0.05) is 32.9 Å². The molecule has 0 spiro atoms. The number of hydrogen-bond donors (Lipinski definition) is 1. The second kappa shape index (κ2) is 4.49. The van der Waals surface area contributed by atoms with Crippen molar-refractivity contribution in [1.82, 2.24) is 20.2 Å². The summed E-state index contributed by atoms with van der Waals surface area (Å²) < 4.78 is 1.68. The molecule has 2 N–H and O–H groups in total. The number of nitrogens with two attached hydrogens (primary N) is 1. The van der Waals surface area contributed by atoms with E-state index in [0.29, 0.717) is 5.82 Å². The van der Waals surface area contributed by atoms with Crippen LogP contribution in [0, 0.1) is 0 Å². The molecule has 0 saturated heterocycles. The molecule has 0 aliphatic heterocycles. The summed E-state index contributed by atoms with van der Waals surface area (Å²) in [5, 5.41) is 11.6. The van der Waals surface area contributed by atoms with Crippen LogP contribution < -0.4 is 5.73 Å². The third-order valence-electron chi connectivity index (χ3n) is 2.88. The lowest BCUT2D eigenvalue weighted by Crippen LogP contribution is -2.14. The zero-order valence-corrected chi connectivity index (χ0v) is 11.3. The second-order valence-electron chi connectivity index (χ2n) is 5.53. The van der Waals surface area contributed by atoms with Gasteiger partial charge in [0.2, 0.25) is 0 Å². The molecule has 5 nitrogen and oxygen atoms in total. The molecule has 0 fully saturated rings. The van der Waals surface area contributed by atoms with Gasteiger partial charge in [-0.05, 0) is 40.5 Å². The average Bonchev–Trinajstić information content (AvgIpc) is 2.77. The van der Waals surface area contributed by atoms with Crippen LogP contribution >= 0.6 is 0 Å². The molecule has 2 rings (SSSR count). The molecule has 0 saturated carbocycles. The van der Waals surface area contributed by atoms with Crippen LogP contribution in [0.1, 0.15) is 45.1 Å². The van der Waals surface area contributed by atoms with Crippen LogP contribution in [0.4, 0.5) is 0 Å². The van der Waals surface area contributed by atoms with Crippen molar-refractivity contribution in [1.29, 1.82) is 0 Å². The average molecular weight is 245 g/mol. The maximum Gasteiger partial charge on any atom is 0.173 e. The lowest BCUT2D eigenvalue weighted by Gasteiger charge is -2.19. The lowest BCUT2D eigenvalue weighted by atomic mass is 9.87. The van der Waals surface area contributed by atoms with Gasteiger partial charge < -0.3 is 5.73 Å². The van der Waals surface area contributed by atoms with Crippen LogP contribution in [-0.2, 0) is 5.41 Å². The minimum absolute atomic E-state index is 0.142. The largest absolute Gasteiger partial charge is 0.321 e. The van der Waals surface area contributed by atoms with E-state index in [1.807, 2.05) is 19.1 Å². The molecule has 1 aromatic heterocycles. The van der Waals surface area contributed by atoms with Gasteiger partial charge in [-0.15, -0.1) is 5.10 Å². The third-order valence-corrected chi connectivity index (χ3v) is 2.88. The maximum atomic E-state index is 5.83. The van der Waals surface area contributed by atoms with E-state index in [4.69, 9.17) is 5.73 Å². The Labute approximate surface area is 107 Å². The Bertz CT molecular complexity index is 519. The highest BCUT2D eigenvalue weighted by molar-refractivity contribution is 5.36. The van der Waals surface area contributed by atoms with Gasteiger partial charge in [-0.2, -0.15) is 4.68 Å². The predicted octanol–water partition coefficient (Wildman–Crippen LogP) is 1.98. The van der Waals surface area contributed by atoms with Crippen molar-refractivity contribution in [3.8, 4) is 5.69 Å². The SMILES string of the molecule is CC(N)c1nnnn1-c1ccc(C(C)(C)C)cc1. The fourth-order valence-electron chi connectivity index (χ4n) is 1.76. The van der Waals surface area contributed by atoms with Crippen molar-refractivity contribution in [3.63, 3.8) is 0 Å². The first-order valence-corrected chi connectivity index (χ1v) is 6.04. The van der Waals surface area contributed by atoms with Crippen molar-refractivity contribution in [2.75, 3.05) is 0 Å². The quantitative estimate of drug-likeness (QED) is 0.878. The van der Waals surface area contributed by atoms with Crippen LogP contribution in [0.3, 0.4) is 0 Å². The molecule has 1 heterocycles. The molecular formula is C13H19N5. The summed E-state index contributed by atoms with van der Waals surface area (Å²) in [4.78, 5) is 0. The Morgan fingerprint density at radius 1 is 1.17 bits per heavy atom. The molecule has 2 aromatic rings. The Morgan fingerprint density at radius 2 is 1.78 bits per heavy atom. The lowest BCUT2D eigenvalue weighted by molar-refractivity contribution is 0.589. The van der Waals surface area contributed by atoms with Crippen LogP contribution in [0.25, 0.3) is 5.69 Å². The molecule has 0 aliphatic rings. The van der Waals surface area contributed by atoms with Gasteiger partial charge in [0, 0.05) is 0 Å². The molecule has 0 amide bonds. The molecule has 1 aromatic carbocycles. The first-order valence-electron chi connectivity index (χ1n) is 6.04. The van der Waals surface area contributed by atoms with Gasteiger partial charge in [0.15, 0.2) is 5.82 Å². The molecule has 96 valence electrons. The van der Waals surface area contributed by atoms with Crippen molar-refractivity contribution in [3.05, 3.63) is 35.7 Å². The first-order chi connectivity index (χ1) is 8.39. The maximum absolute atomic E-state index is 5.83. The van der Waals surface area contributed by atoms with Gasteiger partial charge in [0.1, 0.15) is 0 Å².